The van der Waals surface area contributed by atoms with E-state index in [0.717, 1.165) is 10.9 Å². The summed E-state index contributed by atoms with van der Waals surface area (Å²) in [5.41, 5.74) is 1.04. The van der Waals surface area contributed by atoms with Crippen LogP contribution in [0.1, 0.15) is 22.6 Å². The van der Waals surface area contributed by atoms with Crippen molar-refractivity contribution in [2.24, 2.45) is 7.05 Å². The summed E-state index contributed by atoms with van der Waals surface area (Å²) in [5.74, 6) is 0.281. The Labute approximate surface area is 141 Å². The van der Waals surface area contributed by atoms with E-state index in [9.17, 15) is 4.79 Å². The minimum atomic E-state index is -0.574. The van der Waals surface area contributed by atoms with Gasteiger partial charge >= 0.3 is 0 Å². The fraction of sp³-hybridized carbons (Fsp3) is 0.200. The molecule has 4 nitrogen and oxygen atoms in total. The molecule has 0 saturated carbocycles. The fourth-order valence-electron chi connectivity index (χ4n) is 2.67. The van der Waals surface area contributed by atoms with E-state index in [4.69, 9.17) is 4.74 Å². The van der Waals surface area contributed by atoms with Crippen LogP contribution in [0.15, 0.2) is 67.5 Å². The maximum absolute atomic E-state index is 12.6. The lowest BCUT2D eigenvalue weighted by atomic mass is 10.1. The number of benzene rings is 2. The molecule has 4 heteroatoms. The van der Waals surface area contributed by atoms with Gasteiger partial charge in [0, 0.05) is 19.4 Å². The van der Waals surface area contributed by atoms with E-state index in [1.165, 1.54) is 5.39 Å². The molecule has 3 aromatic rings. The molecule has 1 aromatic heterocycles. The van der Waals surface area contributed by atoms with E-state index in [2.05, 4.69) is 35.8 Å². The van der Waals surface area contributed by atoms with Gasteiger partial charge in [-0.1, -0.05) is 42.5 Å². The molecule has 0 fully saturated rings. The molecule has 0 unspecified atom stereocenters. The van der Waals surface area contributed by atoms with Gasteiger partial charge in [0.25, 0.3) is 0 Å². The van der Waals surface area contributed by atoms with E-state index in [1.807, 2.05) is 18.2 Å². The van der Waals surface area contributed by atoms with Gasteiger partial charge in [-0.2, -0.15) is 0 Å². The molecule has 0 spiro atoms. The van der Waals surface area contributed by atoms with Crippen LogP contribution in [-0.4, -0.2) is 21.4 Å². The standard InChI is InChI=1S/C20H20N2O2/c1-3-6-18(19(23)20-21-11-12-22(20)2)24-14-15-9-10-16-7-4-5-8-17(16)13-15/h3-5,7-13,18H,1,6,14H2,2H3/t18-/m0/s1. The highest BCUT2D eigenvalue weighted by atomic mass is 16.5. The third-order valence-electron chi connectivity index (χ3n) is 3.98. The Kier molecular flexibility index (Phi) is 4.87. The van der Waals surface area contributed by atoms with Crippen molar-refractivity contribution in [2.75, 3.05) is 0 Å². The lowest BCUT2D eigenvalue weighted by Gasteiger charge is -2.15. The van der Waals surface area contributed by atoms with E-state index >= 15 is 0 Å². The number of ketones is 1. The van der Waals surface area contributed by atoms with Gasteiger partial charge in [-0.3, -0.25) is 4.79 Å². The molecule has 0 radical (unpaired) electrons. The first-order valence-corrected chi connectivity index (χ1v) is 7.91. The van der Waals surface area contributed by atoms with Crippen LogP contribution in [-0.2, 0) is 18.4 Å². The predicted molar refractivity (Wildman–Crippen MR) is 94.9 cm³/mol. The summed E-state index contributed by atoms with van der Waals surface area (Å²) >= 11 is 0. The largest absolute Gasteiger partial charge is 0.365 e. The molecule has 122 valence electrons. The second-order valence-corrected chi connectivity index (χ2v) is 5.73. The number of nitrogens with zero attached hydrogens (tertiary/aromatic N) is 2. The Morgan fingerprint density at radius 2 is 2.08 bits per heavy atom. The first kappa shape index (κ1) is 16.1. The van der Waals surface area contributed by atoms with Crippen molar-refractivity contribution < 1.29 is 9.53 Å². The number of imidazole rings is 1. The quantitative estimate of drug-likeness (QED) is 0.489. The smallest absolute Gasteiger partial charge is 0.227 e. The van der Waals surface area contributed by atoms with Gasteiger partial charge in [-0.15, -0.1) is 6.58 Å². The van der Waals surface area contributed by atoms with Crippen LogP contribution in [0, 0.1) is 0 Å². The van der Waals surface area contributed by atoms with Crippen molar-refractivity contribution in [1.29, 1.82) is 0 Å². The Balaban J connectivity index is 1.74. The summed E-state index contributed by atoms with van der Waals surface area (Å²) in [6.07, 6.45) is 4.95. The molecule has 0 aliphatic rings. The van der Waals surface area contributed by atoms with Crippen LogP contribution in [0.4, 0.5) is 0 Å². The molecule has 0 N–H and O–H groups in total. The Hall–Kier alpha value is -2.72. The van der Waals surface area contributed by atoms with Crippen molar-refractivity contribution >= 4 is 16.6 Å². The number of fused-ring (bicyclic) bond motifs is 1. The molecule has 0 saturated heterocycles. The molecule has 3 rings (SSSR count). The summed E-state index contributed by atoms with van der Waals surface area (Å²) in [6, 6.07) is 14.4. The number of ether oxygens (including phenoxy) is 1. The highest BCUT2D eigenvalue weighted by molar-refractivity contribution is 5.96. The highest BCUT2D eigenvalue weighted by Gasteiger charge is 2.23. The number of aryl methyl sites for hydroxylation is 1. The number of carbonyl (C=O) groups excluding carboxylic acids is 1. The number of Topliss-reactive ketones (excluding diaryl/α,β-unsaturated/α-hetero) is 1. The van der Waals surface area contributed by atoms with Gasteiger partial charge in [-0.05, 0) is 28.8 Å². The summed E-state index contributed by atoms with van der Waals surface area (Å²) < 4.78 is 7.59. The fourth-order valence-corrected chi connectivity index (χ4v) is 2.67. The van der Waals surface area contributed by atoms with Crippen LogP contribution in [0.25, 0.3) is 10.8 Å². The van der Waals surface area contributed by atoms with Gasteiger partial charge in [0.1, 0.15) is 6.10 Å². The van der Waals surface area contributed by atoms with Gasteiger partial charge < -0.3 is 9.30 Å². The van der Waals surface area contributed by atoms with Crippen LogP contribution in [0.3, 0.4) is 0 Å². The van der Waals surface area contributed by atoms with Crippen molar-refractivity contribution in [3.8, 4) is 0 Å². The van der Waals surface area contributed by atoms with Gasteiger partial charge in [0.15, 0.2) is 5.82 Å². The number of hydrogen-bond donors (Lipinski definition) is 0. The van der Waals surface area contributed by atoms with Gasteiger partial charge in [0.05, 0.1) is 6.61 Å². The second kappa shape index (κ2) is 7.23. The summed E-state index contributed by atoms with van der Waals surface area (Å²) in [7, 11) is 1.80. The van der Waals surface area contributed by atoms with E-state index < -0.39 is 6.10 Å². The molecule has 0 aliphatic heterocycles. The van der Waals surface area contributed by atoms with Crippen LogP contribution >= 0.6 is 0 Å². The zero-order valence-electron chi connectivity index (χ0n) is 13.7. The Morgan fingerprint density at radius 3 is 2.79 bits per heavy atom. The van der Waals surface area contributed by atoms with E-state index in [0.29, 0.717) is 18.9 Å². The minimum absolute atomic E-state index is 0.122. The molecule has 24 heavy (non-hydrogen) atoms. The summed E-state index contributed by atoms with van der Waals surface area (Å²) in [6.45, 7) is 4.10. The lowest BCUT2D eigenvalue weighted by Crippen LogP contribution is -2.26. The van der Waals surface area contributed by atoms with Crippen LogP contribution in [0.2, 0.25) is 0 Å². The normalized spacial score (nSPS) is 12.2. The maximum Gasteiger partial charge on any atom is 0.227 e. The average Bonchev–Trinajstić information content (AvgIpc) is 3.04. The highest BCUT2D eigenvalue weighted by Crippen LogP contribution is 2.18. The van der Waals surface area contributed by atoms with E-state index in [-0.39, 0.29) is 5.78 Å². The maximum atomic E-state index is 12.6. The van der Waals surface area contributed by atoms with Crippen LogP contribution < -0.4 is 0 Å². The van der Waals surface area contributed by atoms with E-state index in [1.54, 1.807) is 30.1 Å². The molecule has 1 heterocycles. The van der Waals surface area contributed by atoms with Crippen molar-refractivity contribution in [1.82, 2.24) is 9.55 Å². The third-order valence-corrected chi connectivity index (χ3v) is 3.98. The number of rotatable bonds is 7. The zero-order valence-corrected chi connectivity index (χ0v) is 13.7. The minimum Gasteiger partial charge on any atom is -0.365 e. The first-order valence-electron chi connectivity index (χ1n) is 7.91. The number of carbonyl (C=O) groups is 1. The molecular weight excluding hydrogens is 300 g/mol. The third kappa shape index (κ3) is 3.44. The van der Waals surface area contributed by atoms with Gasteiger partial charge in [0.2, 0.25) is 5.78 Å². The Bertz CT molecular complexity index is 867. The zero-order chi connectivity index (χ0) is 16.9. The first-order chi connectivity index (χ1) is 11.7. The van der Waals surface area contributed by atoms with Crippen molar-refractivity contribution in [3.05, 3.63) is 78.9 Å². The molecule has 2 aromatic carbocycles. The molecule has 0 amide bonds. The van der Waals surface area contributed by atoms with Crippen molar-refractivity contribution in [2.45, 2.75) is 19.1 Å². The average molecular weight is 320 g/mol. The SMILES string of the molecule is C=CC[C@H](OCc1ccc2ccccc2c1)C(=O)c1nccn1C. The number of aromatic nitrogens is 2. The van der Waals surface area contributed by atoms with Gasteiger partial charge in [-0.25, -0.2) is 4.98 Å². The predicted octanol–water partition coefficient (Wildman–Crippen LogP) is 3.92. The molecular formula is C20H20N2O2. The van der Waals surface area contributed by atoms with Crippen molar-refractivity contribution in [3.63, 3.8) is 0 Å². The topological polar surface area (TPSA) is 44.1 Å². The summed E-state index contributed by atoms with van der Waals surface area (Å²) in [5, 5.41) is 2.35. The molecule has 1 atom stereocenters. The second-order valence-electron chi connectivity index (χ2n) is 5.73. The summed E-state index contributed by atoms with van der Waals surface area (Å²) in [4.78, 5) is 16.7. The Morgan fingerprint density at radius 1 is 1.29 bits per heavy atom. The monoisotopic (exact) mass is 320 g/mol. The molecule has 0 bridgehead atoms. The van der Waals surface area contributed by atoms with Crippen LogP contribution in [0.5, 0.6) is 0 Å². The number of hydrogen-bond acceptors (Lipinski definition) is 3. The lowest BCUT2D eigenvalue weighted by molar-refractivity contribution is 0.0341. The molecule has 0 aliphatic carbocycles.